The molecule has 0 heterocycles. The van der Waals surface area contributed by atoms with Gasteiger partial charge in [-0.2, -0.15) is 0 Å². The normalized spacial score (nSPS) is 13.6. The Balaban J connectivity index is 3.05. The fraction of sp³-hybridized carbons (Fsp3) is 0.500. The average Bonchev–Trinajstić information content (AvgIpc) is 2.28. The maximum atomic E-state index is 13.7. The van der Waals surface area contributed by atoms with Crippen LogP contribution in [0, 0.1) is 11.2 Å². The Labute approximate surface area is 95.0 Å². The Bertz CT molecular complexity index is 366. The summed E-state index contributed by atoms with van der Waals surface area (Å²) in [5, 5.41) is 9.19. The Morgan fingerprint density at radius 1 is 1.50 bits per heavy atom. The predicted molar refractivity (Wildman–Crippen MR) is 60.7 cm³/mol. The lowest BCUT2D eigenvalue weighted by molar-refractivity contribution is 0.131. The van der Waals surface area contributed by atoms with Gasteiger partial charge in [-0.25, -0.2) is 4.39 Å². The monoisotopic (exact) mass is 227 g/mol. The van der Waals surface area contributed by atoms with Gasteiger partial charge in [-0.3, -0.25) is 0 Å². The highest BCUT2D eigenvalue weighted by atomic mass is 19.1. The molecule has 1 aromatic rings. The summed E-state index contributed by atoms with van der Waals surface area (Å²) in [6.07, 6.45) is 0. The molecule has 0 amide bonds. The minimum atomic E-state index is -0.560. The largest absolute Gasteiger partial charge is 0.497 e. The zero-order valence-electron chi connectivity index (χ0n) is 9.83. The smallest absolute Gasteiger partial charge is 0.131 e. The number of ether oxygens (including phenoxy) is 1. The van der Waals surface area contributed by atoms with Crippen molar-refractivity contribution < 1.29 is 14.2 Å². The minimum Gasteiger partial charge on any atom is -0.497 e. The van der Waals surface area contributed by atoms with Crippen molar-refractivity contribution in [2.24, 2.45) is 11.1 Å². The highest BCUT2D eigenvalue weighted by molar-refractivity contribution is 5.31. The van der Waals surface area contributed by atoms with E-state index in [2.05, 4.69) is 0 Å². The quantitative estimate of drug-likeness (QED) is 0.825. The van der Waals surface area contributed by atoms with E-state index in [-0.39, 0.29) is 6.61 Å². The topological polar surface area (TPSA) is 55.5 Å². The summed E-state index contributed by atoms with van der Waals surface area (Å²) in [5.41, 5.74) is 5.76. The van der Waals surface area contributed by atoms with Crippen LogP contribution in [0.15, 0.2) is 18.2 Å². The van der Waals surface area contributed by atoms with Crippen molar-refractivity contribution in [3.63, 3.8) is 0 Å². The second-order valence-corrected chi connectivity index (χ2v) is 4.51. The van der Waals surface area contributed by atoms with Crippen LogP contribution in [0.25, 0.3) is 0 Å². The van der Waals surface area contributed by atoms with Gasteiger partial charge in [-0.05, 0) is 6.07 Å². The molecule has 1 atom stereocenters. The van der Waals surface area contributed by atoms with E-state index >= 15 is 0 Å². The molecule has 4 heteroatoms. The van der Waals surface area contributed by atoms with E-state index < -0.39 is 17.3 Å². The Morgan fingerprint density at radius 2 is 2.12 bits per heavy atom. The van der Waals surface area contributed by atoms with E-state index in [1.165, 1.54) is 13.2 Å². The van der Waals surface area contributed by atoms with Crippen LogP contribution in [0.4, 0.5) is 4.39 Å². The molecule has 0 radical (unpaired) electrons. The molecule has 0 aliphatic carbocycles. The first kappa shape index (κ1) is 12.9. The fourth-order valence-corrected chi connectivity index (χ4v) is 1.41. The van der Waals surface area contributed by atoms with Gasteiger partial charge in [0.25, 0.3) is 0 Å². The summed E-state index contributed by atoms with van der Waals surface area (Å²) in [6, 6.07) is 3.99. The van der Waals surface area contributed by atoms with Crippen LogP contribution in [0.2, 0.25) is 0 Å². The van der Waals surface area contributed by atoms with E-state index in [1.54, 1.807) is 26.0 Å². The third-order valence-corrected chi connectivity index (χ3v) is 2.79. The van der Waals surface area contributed by atoms with Gasteiger partial charge < -0.3 is 15.6 Å². The van der Waals surface area contributed by atoms with Gasteiger partial charge in [0, 0.05) is 29.7 Å². The zero-order chi connectivity index (χ0) is 12.3. The fourth-order valence-electron chi connectivity index (χ4n) is 1.41. The van der Waals surface area contributed by atoms with Crippen molar-refractivity contribution in [3.8, 4) is 5.75 Å². The van der Waals surface area contributed by atoms with Gasteiger partial charge in [0.15, 0.2) is 0 Å². The highest BCUT2D eigenvalue weighted by Crippen LogP contribution is 2.33. The van der Waals surface area contributed by atoms with Gasteiger partial charge in [0.2, 0.25) is 0 Å². The second-order valence-electron chi connectivity index (χ2n) is 4.51. The van der Waals surface area contributed by atoms with Gasteiger partial charge in [0.1, 0.15) is 11.6 Å². The summed E-state index contributed by atoms with van der Waals surface area (Å²) < 4.78 is 18.6. The van der Waals surface area contributed by atoms with Crippen LogP contribution in [0.3, 0.4) is 0 Å². The van der Waals surface area contributed by atoms with E-state index in [9.17, 15) is 9.50 Å². The first-order valence-corrected chi connectivity index (χ1v) is 5.12. The molecule has 0 fully saturated rings. The van der Waals surface area contributed by atoms with E-state index in [4.69, 9.17) is 10.5 Å². The standard InChI is InChI=1S/C12H18FNO2/c1-12(2,7-15)11(14)9-5-4-8(16-3)6-10(9)13/h4-6,11,15H,7,14H2,1-3H3/t11-/m0/s1. The second kappa shape index (κ2) is 4.80. The number of nitrogens with two attached hydrogens (primary N) is 1. The van der Waals surface area contributed by atoms with Crippen molar-refractivity contribution >= 4 is 0 Å². The molecule has 0 spiro atoms. The van der Waals surface area contributed by atoms with Crippen LogP contribution in [-0.2, 0) is 0 Å². The highest BCUT2D eigenvalue weighted by Gasteiger charge is 2.29. The summed E-state index contributed by atoms with van der Waals surface area (Å²) in [7, 11) is 1.48. The predicted octanol–water partition coefficient (Wildman–Crippen LogP) is 1.85. The summed E-state index contributed by atoms with van der Waals surface area (Å²) in [6.45, 7) is 3.49. The molecule has 0 aliphatic rings. The average molecular weight is 227 g/mol. The van der Waals surface area contributed by atoms with Crippen LogP contribution in [0.5, 0.6) is 5.75 Å². The molecule has 16 heavy (non-hydrogen) atoms. The molecule has 0 saturated carbocycles. The van der Waals surface area contributed by atoms with Gasteiger partial charge in [-0.1, -0.05) is 19.9 Å². The first-order chi connectivity index (χ1) is 7.42. The van der Waals surface area contributed by atoms with E-state index in [1.807, 2.05) is 0 Å². The molecule has 0 aromatic heterocycles. The van der Waals surface area contributed by atoms with E-state index in [0.717, 1.165) is 0 Å². The number of halogens is 1. The molecule has 1 aromatic carbocycles. The lowest BCUT2D eigenvalue weighted by atomic mass is 9.81. The maximum Gasteiger partial charge on any atom is 0.131 e. The van der Waals surface area contributed by atoms with Crippen LogP contribution in [0.1, 0.15) is 25.5 Å². The zero-order valence-corrected chi connectivity index (χ0v) is 9.83. The number of hydrogen-bond donors (Lipinski definition) is 2. The number of benzene rings is 1. The van der Waals surface area contributed by atoms with Crippen LogP contribution < -0.4 is 10.5 Å². The molecule has 3 nitrogen and oxygen atoms in total. The Kier molecular flexibility index (Phi) is 3.88. The molecule has 90 valence electrons. The number of rotatable bonds is 4. The lowest BCUT2D eigenvalue weighted by Gasteiger charge is -2.30. The number of hydrogen-bond acceptors (Lipinski definition) is 3. The van der Waals surface area contributed by atoms with Gasteiger partial charge in [-0.15, -0.1) is 0 Å². The molecular weight excluding hydrogens is 209 g/mol. The molecular formula is C12H18FNO2. The Hall–Kier alpha value is -1.13. The molecule has 1 rings (SSSR count). The molecule has 3 N–H and O–H groups in total. The number of aliphatic hydroxyl groups excluding tert-OH is 1. The summed E-state index contributed by atoms with van der Waals surface area (Å²) >= 11 is 0. The third kappa shape index (κ3) is 2.51. The molecule has 0 aliphatic heterocycles. The van der Waals surface area contributed by atoms with Crippen molar-refractivity contribution in [2.45, 2.75) is 19.9 Å². The van der Waals surface area contributed by atoms with Crippen LogP contribution >= 0.6 is 0 Å². The van der Waals surface area contributed by atoms with Gasteiger partial charge >= 0.3 is 0 Å². The first-order valence-electron chi connectivity index (χ1n) is 5.12. The maximum absolute atomic E-state index is 13.7. The van der Waals surface area contributed by atoms with Crippen molar-refractivity contribution in [2.75, 3.05) is 13.7 Å². The van der Waals surface area contributed by atoms with E-state index in [0.29, 0.717) is 11.3 Å². The van der Waals surface area contributed by atoms with Crippen LogP contribution in [-0.4, -0.2) is 18.8 Å². The van der Waals surface area contributed by atoms with Crippen molar-refractivity contribution in [3.05, 3.63) is 29.6 Å². The molecule has 0 bridgehead atoms. The summed E-state index contributed by atoms with van der Waals surface area (Å²) in [4.78, 5) is 0. The Morgan fingerprint density at radius 3 is 2.56 bits per heavy atom. The molecule has 0 unspecified atom stereocenters. The van der Waals surface area contributed by atoms with Gasteiger partial charge in [0.05, 0.1) is 7.11 Å². The molecule has 0 saturated heterocycles. The van der Waals surface area contributed by atoms with Crippen molar-refractivity contribution in [1.82, 2.24) is 0 Å². The third-order valence-electron chi connectivity index (χ3n) is 2.79. The minimum absolute atomic E-state index is 0.0976. The SMILES string of the molecule is COc1ccc([C@H](N)C(C)(C)CO)c(F)c1. The van der Waals surface area contributed by atoms with Crippen molar-refractivity contribution in [1.29, 1.82) is 0 Å². The lowest BCUT2D eigenvalue weighted by Crippen LogP contribution is -2.33. The summed E-state index contributed by atoms with van der Waals surface area (Å²) in [5.74, 6) is 0.0450. The number of methoxy groups -OCH3 is 1. The number of aliphatic hydroxyl groups is 1.